The van der Waals surface area contributed by atoms with Crippen molar-refractivity contribution in [3.63, 3.8) is 0 Å². The van der Waals surface area contributed by atoms with E-state index in [1.165, 1.54) is 0 Å². The molecular formula is C10H17N3O3. The van der Waals surface area contributed by atoms with Crippen LogP contribution in [0, 0.1) is 0 Å². The fraction of sp³-hybridized carbons (Fsp3) is 0.800. The number of nitrogens with zero attached hydrogens (tertiary/aromatic N) is 2. The van der Waals surface area contributed by atoms with Crippen molar-refractivity contribution >= 4 is 0 Å². The average molecular weight is 227 g/mol. The summed E-state index contributed by atoms with van der Waals surface area (Å²) in [6, 6.07) is 0. The highest BCUT2D eigenvalue weighted by Crippen LogP contribution is 2.33. The summed E-state index contributed by atoms with van der Waals surface area (Å²) < 4.78 is 10.6. The molecule has 0 bridgehead atoms. The zero-order valence-electron chi connectivity index (χ0n) is 9.35. The van der Waals surface area contributed by atoms with Crippen molar-refractivity contribution in [3.05, 3.63) is 11.7 Å². The monoisotopic (exact) mass is 227 g/mol. The molecule has 1 unspecified atom stereocenters. The second kappa shape index (κ2) is 4.48. The molecule has 0 aliphatic carbocycles. The predicted molar refractivity (Wildman–Crippen MR) is 55.5 cm³/mol. The van der Waals surface area contributed by atoms with Crippen LogP contribution < -0.4 is 5.73 Å². The van der Waals surface area contributed by atoms with E-state index in [0.29, 0.717) is 12.4 Å². The second-order valence-corrected chi connectivity index (χ2v) is 4.24. The smallest absolute Gasteiger partial charge is 0.256 e. The maximum Gasteiger partial charge on any atom is 0.256 e. The Morgan fingerprint density at radius 1 is 1.56 bits per heavy atom. The first-order chi connectivity index (χ1) is 7.65. The van der Waals surface area contributed by atoms with Crippen LogP contribution >= 0.6 is 0 Å². The van der Waals surface area contributed by atoms with Crippen LogP contribution in [-0.2, 0) is 10.3 Å². The maximum atomic E-state index is 9.46. The molecule has 1 aromatic heterocycles. The topological polar surface area (TPSA) is 94.4 Å². The summed E-state index contributed by atoms with van der Waals surface area (Å²) in [4.78, 5) is 4.14. The summed E-state index contributed by atoms with van der Waals surface area (Å²) >= 11 is 0. The van der Waals surface area contributed by atoms with Crippen molar-refractivity contribution in [2.45, 2.75) is 37.9 Å². The van der Waals surface area contributed by atoms with Crippen LogP contribution in [0.4, 0.5) is 0 Å². The van der Waals surface area contributed by atoms with Gasteiger partial charge in [0.25, 0.3) is 5.89 Å². The largest absolute Gasteiger partial charge is 0.382 e. The molecule has 1 aliphatic rings. The van der Waals surface area contributed by atoms with E-state index in [1.807, 2.05) is 6.92 Å². The third-order valence-corrected chi connectivity index (χ3v) is 2.89. The Kier molecular flexibility index (Phi) is 3.22. The zero-order chi connectivity index (χ0) is 11.6. The van der Waals surface area contributed by atoms with E-state index < -0.39 is 11.7 Å². The van der Waals surface area contributed by atoms with Crippen LogP contribution in [0.2, 0.25) is 0 Å². The average Bonchev–Trinajstić information content (AvgIpc) is 2.79. The van der Waals surface area contributed by atoms with Crippen molar-refractivity contribution < 1.29 is 14.4 Å². The standard InChI is InChI=1S/C10H17N3O3/c1-10(4-2-3-5-15-10)9-12-8(16-13-9)7(14)6-11/h7,14H,2-6,11H2,1H3/t7-,10?/m0/s1. The molecule has 90 valence electrons. The molecule has 16 heavy (non-hydrogen) atoms. The summed E-state index contributed by atoms with van der Waals surface area (Å²) in [7, 11) is 0. The zero-order valence-corrected chi connectivity index (χ0v) is 9.35. The van der Waals surface area contributed by atoms with Crippen molar-refractivity contribution in [1.82, 2.24) is 10.1 Å². The number of hydrogen-bond acceptors (Lipinski definition) is 6. The first-order valence-corrected chi connectivity index (χ1v) is 5.52. The minimum atomic E-state index is -0.895. The van der Waals surface area contributed by atoms with Gasteiger partial charge in [0.2, 0.25) is 5.82 Å². The van der Waals surface area contributed by atoms with Crippen LogP contribution in [0.1, 0.15) is 44.0 Å². The molecular weight excluding hydrogens is 210 g/mol. The molecule has 6 heteroatoms. The molecule has 0 spiro atoms. The lowest BCUT2D eigenvalue weighted by Gasteiger charge is -2.30. The Hall–Kier alpha value is -0.980. The minimum Gasteiger partial charge on any atom is -0.382 e. The Labute approximate surface area is 93.8 Å². The fourth-order valence-corrected chi connectivity index (χ4v) is 1.80. The normalized spacial score (nSPS) is 27.9. The van der Waals surface area contributed by atoms with Crippen molar-refractivity contribution in [3.8, 4) is 0 Å². The molecule has 1 fully saturated rings. The fourth-order valence-electron chi connectivity index (χ4n) is 1.80. The molecule has 2 atom stereocenters. The van der Waals surface area contributed by atoms with Gasteiger partial charge in [-0.2, -0.15) is 4.98 Å². The number of rotatable bonds is 3. The highest BCUT2D eigenvalue weighted by atomic mass is 16.5. The Morgan fingerprint density at radius 2 is 2.38 bits per heavy atom. The van der Waals surface area contributed by atoms with Gasteiger partial charge in [0.15, 0.2) is 0 Å². The van der Waals surface area contributed by atoms with E-state index in [0.717, 1.165) is 19.3 Å². The van der Waals surface area contributed by atoms with Gasteiger partial charge in [-0.3, -0.25) is 0 Å². The second-order valence-electron chi connectivity index (χ2n) is 4.24. The third kappa shape index (κ3) is 2.09. The Balaban J connectivity index is 2.17. The Morgan fingerprint density at radius 3 is 3.00 bits per heavy atom. The van der Waals surface area contributed by atoms with Gasteiger partial charge in [-0.25, -0.2) is 0 Å². The Bertz CT molecular complexity index is 347. The predicted octanol–water partition coefficient (Wildman–Crippen LogP) is 0.477. The number of nitrogens with two attached hydrogens (primary N) is 1. The molecule has 2 heterocycles. The highest BCUT2D eigenvalue weighted by molar-refractivity contribution is 5.01. The molecule has 6 nitrogen and oxygen atoms in total. The van der Waals surface area contributed by atoms with E-state index in [2.05, 4.69) is 10.1 Å². The third-order valence-electron chi connectivity index (χ3n) is 2.89. The molecule has 0 amide bonds. The minimum absolute atomic E-state index is 0.0687. The maximum absolute atomic E-state index is 9.46. The lowest BCUT2D eigenvalue weighted by Crippen LogP contribution is -2.31. The molecule has 0 radical (unpaired) electrons. The number of ether oxygens (including phenoxy) is 1. The van der Waals surface area contributed by atoms with Gasteiger partial charge in [-0.1, -0.05) is 5.16 Å². The van der Waals surface area contributed by atoms with Gasteiger partial charge in [-0.15, -0.1) is 0 Å². The summed E-state index contributed by atoms with van der Waals surface area (Å²) in [5.74, 6) is 0.655. The van der Waals surface area contributed by atoms with Gasteiger partial charge in [-0.05, 0) is 26.2 Å². The van der Waals surface area contributed by atoms with Crippen molar-refractivity contribution in [2.75, 3.05) is 13.2 Å². The van der Waals surface area contributed by atoms with E-state index in [-0.39, 0.29) is 12.4 Å². The first kappa shape index (κ1) is 11.5. The SMILES string of the molecule is CC1(c2noc([C@@H](O)CN)n2)CCCCO1. The summed E-state index contributed by atoms with van der Waals surface area (Å²) in [6.45, 7) is 2.72. The van der Waals surface area contributed by atoms with Gasteiger partial charge in [0, 0.05) is 13.2 Å². The van der Waals surface area contributed by atoms with Crippen LogP contribution in [0.3, 0.4) is 0 Å². The van der Waals surface area contributed by atoms with E-state index >= 15 is 0 Å². The molecule has 2 rings (SSSR count). The van der Waals surface area contributed by atoms with Gasteiger partial charge in [0.1, 0.15) is 11.7 Å². The summed E-state index contributed by atoms with van der Waals surface area (Å²) in [5, 5.41) is 13.3. The van der Waals surface area contributed by atoms with E-state index in [1.54, 1.807) is 0 Å². The van der Waals surface area contributed by atoms with E-state index in [4.69, 9.17) is 15.0 Å². The van der Waals surface area contributed by atoms with Crippen LogP contribution in [0.5, 0.6) is 0 Å². The summed E-state index contributed by atoms with van der Waals surface area (Å²) in [6.07, 6.45) is 2.12. The van der Waals surface area contributed by atoms with Crippen LogP contribution in [-0.4, -0.2) is 28.4 Å². The lowest BCUT2D eigenvalue weighted by atomic mass is 9.95. The van der Waals surface area contributed by atoms with Crippen LogP contribution in [0.15, 0.2) is 4.52 Å². The molecule has 1 aromatic rings. The van der Waals surface area contributed by atoms with E-state index in [9.17, 15) is 5.11 Å². The van der Waals surface area contributed by atoms with Crippen LogP contribution in [0.25, 0.3) is 0 Å². The number of aromatic nitrogens is 2. The molecule has 1 saturated heterocycles. The molecule has 0 aromatic carbocycles. The van der Waals surface area contributed by atoms with Crippen molar-refractivity contribution in [2.24, 2.45) is 5.73 Å². The van der Waals surface area contributed by atoms with Gasteiger partial charge >= 0.3 is 0 Å². The quantitative estimate of drug-likeness (QED) is 0.779. The first-order valence-electron chi connectivity index (χ1n) is 5.52. The van der Waals surface area contributed by atoms with Gasteiger partial charge < -0.3 is 20.1 Å². The highest BCUT2D eigenvalue weighted by Gasteiger charge is 2.35. The van der Waals surface area contributed by atoms with Gasteiger partial charge in [0.05, 0.1) is 0 Å². The number of aliphatic hydroxyl groups is 1. The molecule has 0 saturated carbocycles. The lowest BCUT2D eigenvalue weighted by molar-refractivity contribution is -0.0770. The van der Waals surface area contributed by atoms with Crippen molar-refractivity contribution in [1.29, 1.82) is 0 Å². The molecule has 3 N–H and O–H groups in total. The molecule has 1 aliphatic heterocycles. The number of aliphatic hydroxyl groups excluding tert-OH is 1. The summed E-state index contributed by atoms with van der Waals surface area (Å²) in [5.41, 5.74) is 4.82. The number of hydrogen-bond donors (Lipinski definition) is 2.